The van der Waals surface area contributed by atoms with E-state index in [1.54, 1.807) is 6.07 Å². The van der Waals surface area contributed by atoms with Gasteiger partial charge < -0.3 is 10.6 Å². The topological polar surface area (TPSA) is 58.7 Å². The van der Waals surface area contributed by atoms with Crippen molar-refractivity contribution in [3.8, 4) is 22.5 Å². The number of hydrogen-bond donors (Lipinski definition) is 2. The molecule has 0 atom stereocenters. The van der Waals surface area contributed by atoms with Gasteiger partial charge in [-0.05, 0) is 92.1 Å². The van der Waals surface area contributed by atoms with Gasteiger partial charge in [0.1, 0.15) is 46.3 Å². The second-order valence-corrected chi connectivity index (χ2v) is 16.1. The van der Waals surface area contributed by atoms with E-state index in [9.17, 15) is 17.6 Å². The summed E-state index contributed by atoms with van der Waals surface area (Å²) < 4.78 is 62.3. The van der Waals surface area contributed by atoms with Gasteiger partial charge in [0, 0.05) is 28.9 Å². The maximum Gasteiger partial charge on any atom is 0.197 e. The Hall–Kier alpha value is -6.21. The number of aromatic nitrogens is 4. The summed E-state index contributed by atoms with van der Waals surface area (Å²) in [6.45, 7) is 5.99. The molecule has 0 saturated heterocycles. The standard InChI is InChI=1S/C23H17F2N3S.C22H14ClF2N3S/c1-13-6-5-7-14(2)20(13)26-22-21(16-11-10-15(24)12-17(16)25)27-23-28(22)18-8-3-4-9-19(18)29-23;1-12-5-4-6-15(23)19(12)26-21-20(14-10-9-13(24)11-16(14)25)27-22-28(21)17-7-2-3-8-18(17)29-22/h3-12,26H,1-2H3;2-11,26H,1H3. The Morgan fingerprint density at radius 1 is 0.517 bits per heavy atom. The van der Waals surface area contributed by atoms with Crippen molar-refractivity contribution < 1.29 is 17.6 Å². The fourth-order valence-corrected chi connectivity index (χ4v) is 9.36. The second-order valence-electron chi connectivity index (χ2n) is 13.7. The van der Waals surface area contributed by atoms with Crippen LogP contribution in [0.2, 0.25) is 5.02 Å². The van der Waals surface area contributed by atoms with Crippen LogP contribution in [0.1, 0.15) is 16.7 Å². The highest BCUT2D eigenvalue weighted by Crippen LogP contribution is 2.41. The van der Waals surface area contributed by atoms with Gasteiger partial charge in [0.2, 0.25) is 0 Å². The minimum Gasteiger partial charge on any atom is -0.339 e. The molecule has 0 aliphatic heterocycles. The summed E-state index contributed by atoms with van der Waals surface area (Å²) in [5, 5.41) is 7.41. The fourth-order valence-electron chi connectivity index (χ4n) is 7.04. The number of anilines is 4. The van der Waals surface area contributed by atoms with Crippen molar-refractivity contribution in [2.45, 2.75) is 20.8 Å². The van der Waals surface area contributed by atoms with Crippen LogP contribution in [0.3, 0.4) is 0 Å². The molecule has 0 fully saturated rings. The van der Waals surface area contributed by atoms with E-state index in [1.165, 1.54) is 46.9 Å². The van der Waals surface area contributed by atoms with E-state index >= 15 is 0 Å². The van der Waals surface area contributed by atoms with E-state index < -0.39 is 23.3 Å². The Labute approximate surface area is 342 Å². The summed E-state index contributed by atoms with van der Waals surface area (Å²) >= 11 is 9.46. The predicted octanol–water partition coefficient (Wildman–Crippen LogP) is 14.1. The molecule has 10 rings (SSSR count). The number of rotatable bonds is 6. The summed E-state index contributed by atoms with van der Waals surface area (Å²) in [4.78, 5) is 10.9. The molecular weight excluding hydrogens is 800 g/mol. The van der Waals surface area contributed by atoms with Gasteiger partial charge in [-0.1, -0.05) is 88.9 Å². The van der Waals surface area contributed by atoms with Crippen LogP contribution in [0.25, 0.3) is 52.9 Å². The third-order valence-corrected chi connectivity index (χ3v) is 12.2. The van der Waals surface area contributed by atoms with E-state index in [-0.39, 0.29) is 11.1 Å². The van der Waals surface area contributed by atoms with E-state index in [0.29, 0.717) is 33.0 Å². The molecule has 10 aromatic rings. The Kier molecular flexibility index (Phi) is 9.63. The van der Waals surface area contributed by atoms with Crippen LogP contribution in [0, 0.1) is 44.0 Å². The van der Waals surface area contributed by atoms with E-state index in [4.69, 9.17) is 16.6 Å². The lowest BCUT2D eigenvalue weighted by Gasteiger charge is -2.14. The SMILES string of the molecule is Cc1cccc(C)c1Nc1c(-c2ccc(F)cc2F)nc2sc3ccccc3n12.Cc1cccc(Cl)c1Nc1c(-c2ccc(F)cc2F)nc2sc3ccccc3n12. The maximum atomic E-state index is 14.6. The summed E-state index contributed by atoms with van der Waals surface area (Å²) in [7, 11) is 0. The third kappa shape index (κ3) is 6.62. The number of halogens is 5. The minimum absolute atomic E-state index is 0.221. The molecule has 4 heterocycles. The number of para-hydroxylation sites is 4. The lowest BCUT2D eigenvalue weighted by molar-refractivity contribution is 0.584. The Balaban J connectivity index is 0.000000150. The van der Waals surface area contributed by atoms with E-state index in [1.807, 2.05) is 108 Å². The summed E-state index contributed by atoms with van der Waals surface area (Å²) in [6, 6.07) is 34.6. The molecule has 2 N–H and O–H groups in total. The number of nitrogens with one attached hydrogen (secondary N) is 2. The van der Waals surface area contributed by atoms with E-state index in [0.717, 1.165) is 65.6 Å². The Morgan fingerprint density at radius 3 is 1.41 bits per heavy atom. The van der Waals surface area contributed by atoms with Crippen molar-refractivity contribution in [1.82, 2.24) is 18.8 Å². The highest BCUT2D eigenvalue weighted by Gasteiger charge is 2.24. The lowest BCUT2D eigenvalue weighted by Crippen LogP contribution is -2.01. The van der Waals surface area contributed by atoms with Crippen molar-refractivity contribution in [2.75, 3.05) is 10.6 Å². The average Bonchev–Trinajstić information content (AvgIpc) is 3.93. The van der Waals surface area contributed by atoms with Crippen LogP contribution in [0.15, 0.2) is 121 Å². The first-order valence-electron chi connectivity index (χ1n) is 18.1. The summed E-state index contributed by atoms with van der Waals surface area (Å²) in [5.74, 6) is -1.29. The average molecular weight is 831 g/mol. The van der Waals surface area contributed by atoms with Crippen LogP contribution in [-0.2, 0) is 0 Å². The first kappa shape index (κ1) is 37.4. The number of benzene rings is 6. The van der Waals surface area contributed by atoms with Crippen molar-refractivity contribution in [3.63, 3.8) is 0 Å². The Bertz CT molecular complexity index is 2950. The first-order chi connectivity index (χ1) is 28.0. The molecule has 0 radical (unpaired) electrons. The van der Waals surface area contributed by atoms with Crippen molar-refractivity contribution >= 4 is 87.6 Å². The number of thiazole rings is 2. The molecule has 58 heavy (non-hydrogen) atoms. The van der Waals surface area contributed by atoms with Crippen LogP contribution in [-0.4, -0.2) is 18.8 Å². The number of fused-ring (bicyclic) bond motifs is 6. The van der Waals surface area contributed by atoms with Crippen LogP contribution in [0.4, 0.5) is 40.6 Å². The lowest BCUT2D eigenvalue weighted by atomic mass is 10.1. The molecule has 6 aromatic carbocycles. The molecular formula is C45H31ClF4N6S2. The molecule has 288 valence electrons. The van der Waals surface area contributed by atoms with Crippen LogP contribution >= 0.6 is 34.3 Å². The third-order valence-electron chi connectivity index (χ3n) is 9.87. The summed E-state index contributed by atoms with van der Waals surface area (Å²) in [6.07, 6.45) is 0. The zero-order valence-electron chi connectivity index (χ0n) is 31.0. The molecule has 0 unspecified atom stereocenters. The minimum atomic E-state index is -0.668. The van der Waals surface area contributed by atoms with Crippen LogP contribution < -0.4 is 10.6 Å². The van der Waals surface area contributed by atoms with Gasteiger partial charge >= 0.3 is 0 Å². The van der Waals surface area contributed by atoms with Gasteiger partial charge in [-0.25, -0.2) is 27.5 Å². The molecule has 0 saturated carbocycles. The van der Waals surface area contributed by atoms with Gasteiger partial charge in [0.15, 0.2) is 9.92 Å². The van der Waals surface area contributed by atoms with Crippen molar-refractivity contribution in [1.29, 1.82) is 0 Å². The van der Waals surface area contributed by atoms with Crippen molar-refractivity contribution in [2.24, 2.45) is 0 Å². The Morgan fingerprint density at radius 2 is 0.948 bits per heavy atom. The normalized spacial score (nSPS) is 11.4. The zero-order chi connectivity index (χ0) is 40.2. The smallest absolute Gasteiger partial charge is 0.197 e. The fraction of sp³-hybridized carbons (Fsp3) is 0.0667. The highest BCUT2D eigenvalue weighted by atomic mass is 35.5. The van der Waals surface area contributed by atoms with E-state index in [2.05, 4.69) is 15.6 Å². The summed E-state index contributed by atoms with van der Waals surface area (Å²) in [5.41, 5.74) is 8.04. The molecule has 4 aromatic heterocycles. The molecule has 0 amide bonds. The molecule has 0 bridgehead atoms. The number of aryl methyl sites for hydroxylation is 3. The molecule has 13 heteroatoms. The van der Waals surface area contributed by atoms with Gasteiger partial charge in [0.25, 0.3) is 0 Å². The second kappa shape index (κ2) is 14.9. The van der Waals surface area contributed by atoms with Gasteiger partial charge in [-0.15, -0.1) is 0 Å². The quantitative estimate of drug-likeness (QED) is 0.164. The molecule has 0 spiro atoms. The van der Waals surface area contributed by atoms with Gasteiger partial charge in [-0.3, -0.25) is 8.80 Å². The zero-order valence-corrected chi connectivity index (χ0v) is 33.4. The maximum absolute atomic E-state index is 14.6. The first-order valence-corrected chi connectivity index (χ1v) is 20.1. The molecule has 6 nitrogen and oxygen atoms in total. The largest absolute Gasteiger partial charge is 0.339 e. The monoisotopic (exact) mass is 830 g/mol. The number of imidazole rings is 2. The van der Waals surface area contributed by atoms with Gasteiger partial charge in [0.05, 0.1) is 31.1 Å². The van der Waals surface area contributed by atoms with Gasteiger partial charge in [-0.2, -0.15) is 0 Å². The molecule has 0 aliphatic rings. The van der Waals surface area contributed by atoms with Crippen LogP contribution in [0.5, 0.6) is 0 Å². The predicted molar refractivity (Wildman–Crippen MR) is 231 cm³/mol. The number of hydrogen-bond acceptors (Lipinski definition) is 6. The number of nitrogens with zero attached hydrogens (tertiary/aromatic N) is 4. The van der Waals surface area contributed by atoms with Crippen molar-refractivity contribution in [3.05, 3.63) is 166 Å². The highest BCUT2D eigenvalue weighted by molar-refractivity contribution is 7.24. The molecule has 0 aliphatic carbocycles.